The molecule has 3 nitrogen and oxygen atoms in total. The lowest BCUT2D eigenvalue weighted by atomic mass is 9.53. The molecular weight excluding hydrogens is 509 g/mol. The first kappa shape index (κ1) is 26.4. The molecule has 214 valence electrons. The van der Waals surface area contributed by atoms with Gasteiger partial charge < -0.3 is 9.05 Å². The van der Waals surface area contributed by atoms with Crippen molar-refractivity contribution in [1.82, 2.24) is 4.67 Å². The van der Waals surface area contributed by atoms with E-state index in [-0.39, 0.29) is 0 Å². The van der Waals surface area contributed by atoms with Crippen molar-refractivity contribution in [2.45, 2.75) is 101 Å². The molecule has 4 aliphatic carbocycles. The predicted octanol–water partition coefficient (Wildman–Crippen LogP) is 9.31. The van der Waals surface area contributed by atoms with Crippen LogP contribution in [0, 0.1) is 35.5 Å². The maximum absolute atomic E-state index is 7.36. The number of fused-ring (bicyclic) bond motifs is 7. The minimum atomic E-state index is -1.04. The summed E-state index contributed by atoms with van der Waals surface area (Å²) in [5.41, 5.74) is 2.93. The molecule has 2 saturated heterocycles. The zero-order valence-electron chi connectivity index (χ0n) is 24.2. The predicted molar refractivity (Wildman–Crippen MR) is 163 cm³/mol. The summed E-state index contributed by atoms with van der Waals surface area (Å²) in [7, 11) is -1.04. The summed E-state index contributed by atoms with van der Waals surface area (Å²) < 4.78 is 17.4. The maximum Gasteiger partial charge on any atom is 0.259 e. The Morgan fingerprint density at radius 1 is 0.525 bits per heavy atom. The molecule has 0 amide bonds. The van der Waals surface area contributed by atoms with Crippen LogP contribution in [0.3, 0.4) is 0 Å². The highest BCUT2D eigenvalue weighted by Crippen LogP contribution is 2.64. The van der Waals surface area contributed by atoms with Crippen LogP contribution in [0.5, 0.6) is 0 Å². The first-order valence-corrected chi connectivity index (χ1v) is 17.9. The average Bonchev–Trinajstić information content (AvgIpc) is 3.39. The Balaban J connectivity index is 1.12. The summed E-state index contributed by atoms with van der Waals surface area (Å²) in [5.74, 6) is 6.10. The normalized spacial score (nSPS) is 43.5. The van der Waals surface area contributed by atoms with Gasteiger partial charge >= 0.3 is 0 Å². The van der Waals surface area contributed by atoms with Gasteiger partial charge in [0.05, 0.1) is 12.2 Å². The Morgan fingerprint density at radius 3 is 1.45 bits per heavy atom. The van der Waals surface area contributed by atoms with E-state index in [2.05, 4.69) is 65.3 Å². The molecule has 11 atom stereocenters. The van der Waals surface area contributed by atoms with Crippen molar-refractivity contribution in [2.24, 2.45) is 35.5 Å². The third kappa shape index (κ3) is 4.82. The van der Waals surface area contributed by atoms with Crippen LogP contribution in [0.1, 0.15) is 100 Å². The van der Waals surface area contributed by atoms with Crippen molar-refractivity contribution in [3.05, 3.63) is 71.8 Å². The fourth-order valence-corrected chi connectivity index (χ4v) is 12.5. The lowest BCUT2D eigenvalue weighted by Gasteiger charge is -2.53. The second-order valence-electron chi connectivity index (χ2n) is 14.2. The van der Waals surface area contributed by atoms with Gasteiger partial charge in [-0.3, -0.25) is 0 Å². The molecule has 4 heteroatoms. The summed E-state index contributed by atoms with van der Waals surface area (Å²) in [4.78, 5) is 0. The summed E-state index contributed by atoms with van der Waals surface area (Å²) >= 11 is 0. The summed E-state index contributed by atoms with van der Waals surface area (Å²) in [6.45, 7) is 2.09. The van der Waals surface area contributed by atoms with Crippen molar-refractivity contribution in [2.75, 3.05) is 13.1 Å². The maximum atomic E-state index is 7.36. The van der Waals surface area contributed by atoms with Gasteiger partial charge in [0, 0.05) is 24.9 Å². The smallest absolute Gasteiger partial charge is 0.259 e. The van der Waals surface area contributed by atoms with E-state index in [9.17, 15) is 0 Å². The molecule has 6 aliphatic rings. The number of benzene rings is 2. The summed E-state index contributed by atoms with van der Waals surface area (Å²) in [6, 6.07) is 22.5. The third-order valence-electron chi connectivity index (χ3n) is 12.3. The highest BCUT2D eigenvalue weighted by atomic mass is 31.2. The number of nitrogens with zero attached hydrogens (tertiary/aromatic N) is 1. The first-order valence-electron chi connectivity index (χ1n) is 16.8. The molecule has 0 N–H and O–H groups in total. The molecule has 2 aromatic rings. The van der Waals surface area contributed by atoms with Crippen molar-refractivity contribution in [3.8, 4) is 0 Å². The van der Waals surface area contributed by atoms with Crippen molar-refractivity contribution in [3.63, 3.8) is 0 Å². The Morgan fingerprint density at radius 2 is 0.975 bits per heavy atom. The van der Waals surface area contributed by atoms with Crippen LogP contribution >= 0.6 is 8.53 Å². The SMILES string of the molecule is c1ccc(C2CN(P3OC4CCC5CCCCC5[C@H]4C4C5CCCCC5CC[C@H]4O3)C[C@H]2c2ccccc2)cc1. The topological polar surface area (TPSA) is 21.7 Å². The number of rotatable bonds is 3. The molecule has 4 saturated carbocycles. The monoisotopic (exact) mass is 557 g/mol. The molecule has 8 rings (SSSR count). The van der Waals surface area contributed by atoms with Gasteiger partial charge in [-0.1, -0.05) is 99.2 Å². The molecule has 0 radical (unpaired) electrons. The minimum absolute atomic E-state index is 0.409. The van der Waals surface area contributed by atoms with Gasteiger partial charge in [0.2, 0.25) is 0 Å². The fraction of sp³-hybridized carbons (Fsp3) is 0.667. The minimum Gasteiger partial charge on any atom is -0.318 e. The standard InChI is InChI=1S/C36H48NO2P/c1-3-11-25(12-4-1)31-23-37(24-32(31)26-13-5-2-6-14-26)40-38-33-21-19-27-15-7-9-17-29(27)35(33)36-30-18-10-8-16-28(30)20-22-34(36)39-40/h1-6,11-14,27-36H,7-10,15-24H2/t27?,28?,29?,30?,31-,32?,33+,34?,35?,36+,40?/m0/s1. The van der Waals surface area contributed by atoms with E-state index < -0.39 is 8.53 Å². The number of hydrogen-bond donors (Lipinski definition) is 0. The fourth-order valence-electron chi connectivity index (χ4n) is 10.6. The molecule has 0 spiro atoms. The summed E-state index contributed by atoms with van der Waals surface area (Å²) in [5, 5.41) is 0. The molecule has 6 fully saturated rings. The third-order valence-corrected chi connectivity index (χ3v) is 14.0. The Bertz CT molecular complexity index is 1040. The van der Waals surface area contributed by atoms with Gasteiger partial charge in [-0.25, -0.2) is 4.67 Å². The quantitative estimate of drug-likeness (QED) is 0.351. The van der Waals surface area contributed by atoms with Crippen LogP contribution in [0.2, 0.25) is 0 Å². The molecule has 2 aromatic carbocycles. The summed E-state index contributed by atoms with van der Waals surface area (Å²) in [6.07, 6.45) is 17.8. The Labute approximate surface area is 243 Å². The van der Waals surface area contributed by atoms with Crippen LogP contribution in [0.15, 0.2) is 60.7 Å². The average molecular weight is 558 g/mol. The molecule has 8 unspecified atom stereocenters. The van der Waals surface area contributed by atoms with Gasteiger partial charge in [-0.2, -0.15) is 0 Å². The van der Waals surface area contributed by atoms with E-state index in [0.717, 1.165) is 48.6 Å². The van der Waals surface area contributed by atoms with E-state index in [1.165, 1.54) is 88.2 Å². The number of hydrogen-bond acceptors (Lipinski definition) is 3. The highest BCUT2D eigenvalue weighted by Gasteiger charge is 2.56. The van der Waals surface area contributed by atoms with E-state index >= 15 is 0 Å². The van der Waals surface area contributed by atoms with Crippen LogP contribution in [-0.4, -0.2) is 30.0 Å². The van der Waals surface area contributed by atoms with E-state index in [4.69, 9.17) is 9.05 Å². The van der Waals surface area contributed by atoms with Gasteiger partial charge in [0.15, 0.2) is 0 Å². The van der Waals surface area contributed by atoms with Crippen LogP contribution < -0.4 is 0 Å². The Kier molecular flexibility index (Phi) is 7.55. The molecule has 0 bridgehead atoms. The molecule has 2 heterocycles. The van der Waals surface area contributed by atoms with Crippen molar-refractivity contribution in [1.29, 1.82) is 0 Å². The molecule has 0 aromatic heterocycles. The zero-order valence-corrected chi connectivity index (χ0v) is 25.1. The van der Waals surface area contributed by atoms with Crippen LogP contribution in [-0.2, 0) is 9.05 Å². The first-order chi connectivity index (χ1) is 19.8. The lowest BCUT2D eigenvalue weighted by molar-refractivity contribution is -0.0856. The van der Waals surface area contributed by atoms with Gasteiger partial charge in [0.25, 0.3) is 8.53 Å². The Hall–Kier alpha value is -1.25. The van der Waals surface area contributed by atoms with Crippen LogP contribution in [0.4, 0.5) is 0 Å². The van der Waals surface area contributed by atoms with Gasteiger partial charge in [-0.15, -0.1) is 0 Å². The molecule has 2 aliphatic heterocycles. The van der Waals surface area contributed by atoms with Crippen molar-refractivity contribution >= 4 is 8.53 Å². The van der Waals surface area contributed by atoms with E-state index in [0.29, 0.717) is 24.0 Å². The molecular formula is C36H48NO2P. The zero-order chi connectivity index (χ0) is 26.5. The van der Waals surface area contributed by atoms with Crippen LogP contribution in [0.25, 0.3) is 0 Å². The molecule has 40 heavy (non-hydrogen) atoms. The second kappa shape index (κ2) is 11.4. The van der Waals surface area contributed by atoms with E-state index in [1.807, 2.05) is 0 Å². The second-order valence-corrected chi connectivity index (χ2v) is 15.6. The van der Waals surface area contributed by atoms with Gasteiger partial charge in [-0.05, 0) is 85.2 Å². The lowest BCUT2D eigenvalue weighted by Crippen LogP contribution is -2.51. The van der Waals surface area contributed by atoms with E-state index in [1.54, 1.807) is 0 Å². The van der Waals surface area contributed by atoms with Crippen molar-refractivity contribution < 1.29 is 9.05 Å². The largest absolute Gasteiger partial charge is 0.318 e. The van der Waals surface area contributed by atoms with Gasteiger partial charge in [0.1, 0.15) is 0 Å². The highest BCUT2D eigenvalue weighted by molar-refractivity contribution is 7.44.